The van der Waals surface area contributed by atoms with E-state index in [0.717, 1.165) is 25.7 Å². The van der Waals surface area contributed by atoms with Crippen LogP contribution in [0.15, 0.2) is 54.6 Å². The second-order valence-electron chi connectivity index (χ2n) is 6.94. The van der Waals surface area contributed by atoms with Crippen LogP contribution in [0.5, 0.6) is 0 Å². The van der Waals surface area contributed by atoms with Gasteiger partial charge in [-0.1, -0.05) is 42.5 Å². The molecule has 3 rings (SSSR count). The lowest BCUT2D eigenvalue weighted by atomic mass is 10.1. The zero-order valence-electron chi connectivity index (χ0n) is 15.9. The van der Waals surface area contributed by atoms with Crippen LogP contribution in [-0.4, -0.2) is 23.0 Å². The highest BCUT2D eigenvalue weighted by molar-refractivity contribution is 5.84. The van der Waals surface area contributed by atoms with Crippen LogP contribution in [0.4, 0.5) is 10.5 Å². The topological polar surface area (TPSA) is 111 Å². The molecule has 0 bridgehead atoms. The Morgan fingerprint density at radius 1 is 1.10 bits per heavy atom. The first-order chi connectivity index (χ1) is 14.0. The minimum absolute atomic E-state index is 0.0491. The van der Waals surface area contributed by atoms with Crippen molar-refractivity contribution in [3.63, 3.8) is 0 Å². The Kier molecular flexibility index (Phi) is 6.78. The van der Waals surface area contributed by atoms with Crippen molar-refractivity contribution in [2.45, 2.75) is 44.4 Å². The van der Waals surface area contributed by atoms with Gasteiger partial charge in [-0.15, -0.1) is 0 Å². The van der Waals surface area contributed by atoms with E-state index in [9.17, 15) is 19.7 Å². The molecule has 0 radical (unpaired) electrons. The minimum atomic E-state index is -0.929. The van der Waals surface area contributed by atoms with Gasteiger partial charge in [0.15, 0.2) is 6.04 Å². The number of nitrogens with one attached hydrogen (secondary N) is 2. The average molecular weight is 397 g/mol. The summed E-state index contributed by atoms with van der Waals surface area (Å²) < 4.78 is 5.58. The van der Waals surface area contributed by atoms with Gasteiger partial charge in [0.25, 0.3) is 5.69 Å². The zero-order valence-corrected chi connectivity index (χ0v) is 15.9. The molecule has 0 aliphatic heterocycles. The van der Waals surface area contributed by atoms with Gasteiger partial charge in [-0.25, -0.2) is 9.59 Å². The van der Waals surface area contributed by atoms with E-state index in [0.29, 0.717) is 11.1 Å². The van der Waals surface area contributed by atoms with Crippen LogP contribution < -0.4 is 10.6 Å². The molecule has 29 heavy (non-hydrogen) atoms. The quantitative estimate of drug-likeness (QED) is 0.421. The average Bonchev–Trinajstić information content (AvgIpc) is 3.24. The molecule has 2 aromatic rings. The second-order valence-corrected chi connectivity index (χ2v) is 6.94. The summed E-state index contributed by atoms with van der Waals surface area (Å²) in [4.78, 5) is 35.5. The molecule has 1 saturated carbocycles. The first-order valence-corrected chi connectivity index (χ1v) is 9.56. The maximum Gasteiger partial charge on any atom is 0.333 e. The van der Waals surface area contributed by atoms with Crippen molar-refractivity contribution >= 4 is 17.7 Å². The number of urea groups is 1. The Hall–Kier alpha value is -3.42. The highest BCUT2D eigenvalue weighted by Gasteiger charge is 2.28. The molecule has 0 heterocycles. The predicted molar refractivity (Wildman–Crippen MR) is 106 cm³/mol. The SMILES string of the molecule is O=C(NCc1cccc([N+](=O)[O-])c1)NC(C(=O)OC1CCCC1)c1ccccc1. The third kappa shape index (κ3) is 5.78. The van der Waals surface area contributed by atoms with Gasteiger partial charge in [0.05, 0.1) is 4.92 Å². The van der Waals surface area contributed by atoms with E-state index >= 15 is 0 Å². The molecule has 1 atom stereocenters. The number of carbonyl (C=O) groups excluding carboxylic acids is 2. The highest BCUT2D eigenvalue weighted by Crippen LogP contribution is 2.24. The van der Waals surface area contributed by atoms with Gasteiger partial charge in [-0.05, 0) is 36.8 Å². The number of ether oxygens (including phenoxy) is 1. The van der Waals surface area contributed by atoms with Crippen LogP contribution in [0.3, 0.4) is 0 Å². The van der Waals surface area contributed by atoms with Crippen molar-refractivity contribution in [1.29, 1.82) is 0 Å². The van der Waals surface area contributed by atoms with E-state index in [2.05, 4.69) is 10.6 Å². The fourth-order valence-electron chi connectivity index (χ4n) is 3.31. The summed E-state index contributed by atoms with van der Waals surface area (Å²) in [6.07, 6.45) is 3.64. The number of esters is 1. The summed E-state index contributed by atoms with van der Waals surface area (Å²) in [6, 6.07) is 13.4. The van der Waals surface area contributed by atoms with E-state index in [4.69, 9.17) is 4.74 Å². The van der Waals surface area contributed by atoms with Crippen LogP contribution in [0.2, 0.25) is 0 Å². The number of benzene rings is 2. The Labute approximate surface area is 168 Å². The number of carbonyl (C=O) groups is 2. The summed E-state index contributed by atoms with van der Waals surface area (Å²) in [6.45, 7) is 0.0900. The number of nitrogens with zero attached hydrogens (tertiary/aromatic N) is 1. The molecule has 0 aromatic heterocycles. The fraction of sp³-hybridized carbons (Fsp3) is 0.333. The highest BCUT2D eigenvalue weighted by atomic mass is 16.6. The first-order valence-electron chi connectivity index (χ1n) is 9.56. The van der Waals surface area contributed by atoms with Crippen molar-refractivity contribution < 1.29 is 19.2 Å². The Bertz CT molecular complexity index is 866. The number of nitro benzene ring substituents is 1. The Morgan fingerprint density at radius 3 is 2.52 bits per heavy atom. The molecule has 1 fully saturated rings. The molecule has 0 spiro atoms. The van der Waals surface area contributed by atoms with Crippen LogP contribution in [-0.2, 0) is 16.1 Å². The number of nitro groups is 1. The number of hydrogen-bond donors (Lipinski definition) is 2. The van der Waals surface area contributed by atoms with Crippen molar-refractivity contribution in [2.24, 2.45) is 0 Å². The van der Waals surface area contributed by atoms with Gasteiger partial charge < -0.3 is 15.4 Å². The molecule has 152 valence electrons. The molecule has 2 aromatic carbocycles. The maximum atomic E-state index is 12.7. The van der Waals surface area contributed by atoms with Gasteiger partial charge in [-0.2, -0.15) is 0 Å². The van der Waals surface area contributed by atoms with Crippen LogP contribution >= 0.6 is 0 Å². The lowest BCUT2D eigenvalue weighted by molar-refractivity contribution is -0.384. The maximum absolute atomic E-state index is 12.7. The molecule has 8 heteroatoms. The summed E-state index contributed by atoms with van der Waals surface area (Å²) in [5.74, 6) is -0.492. The number of hydrogen-bond acceptors (Lipinski definition) is 5. The molecular formula is C21H23N3O5. The van der Waals surface area contributed by atoms with E-state index in [-0.39, 0.29) is 18.3 Å². The largest absolute Gasteiger partial charge is 0.461 e. The van der Waals surface area contributed by atoms with E-state index in [1.807, 2.05) is 6.07 Å². The molecule has 0 saturated heterocycles. The van der Waals surface area contributed by atoms with Crippen molar-refractivity contribution in [3.05, 3.63) is 75.8 Å². The van der Waals surface area contributed by atoms with Crippen molar-refractivity contribution in [1.82, 2.24) is 10.6 Å². The molecule has 2 N–H and O–H groups in total. The normalized spacial score (nSPS) is 14.8. The lowest BCUT2D eigenvalue weighted by Crippen LogP contribution is -2.41. The second kappa shape index (κ2) is 9.68. The minimum Gasteiger partial charge on any atom is -0.461 e. The monoisotopic (exact) mass is 397 g/mol. The van der Waals surface area contributed by atoms with Crippen LogP contribution in [0.1, 0.15) is 42.9 Å². The van der Waals surface area contributed by atoms with Crippen LogP contribution in [0, 0.1) is 10.1 Å². The standard InChI is InChI=1S/C21H23N3O5/c25-20(29-18-11-4-5-12-18)19(16-8-2-1-3-9-16)23-21(26)22-14-15-7-6-10-17(13-15)24(27)28/h1-3,6-10,13,18-19H,4-5,11-12,14H2,(H2,22,23,26). The summed E-state index contributed by atoms with van der Waals surface area (Å²) in [5, 5.41) is 16.2. The van der Waals surface area contributed by atoms with E-state index in [1.54, 1.807) is 36.4 Å². The van der Waals surface area contributed by atoms with Gasteiger partial charge >= 0.3 is 12.0 Å². The van der Waals surface area contributed by atoms with Gasteiger partial charge in [0, 0.05) is 18.7 Å². The van der Waals surface area contributed by atoms with Crippen molar-refractivity contribution in [3.8, 4) is 0 Å². The smallest absolute Gasteiger partial charge is 0.333 e. The predicted octanol–water partition coefficient (Wildman–Crippen LogP) is 3.62. The van der Waals surface area contributed by atoms with Gasteiger partial charge in [0.1, 0.15) is 6.10 Å². The lowest BCUT2D eigenvalue weighted by Gasteiger charge is -2.21. The first kappa shape index (κ1) is 20.3. The third-order valence-corrected chi connectivity index (χ3v) is 4.80. The van der Waals surface area contributed by atoms with Crippen LogP contribution in [0.25, 0.3) is 0 Å². The number of non-ortho nitro benzene ring substituents is 1. The van der Waals surface area contributed by atoms with Gasteiger partial charge in [0.2, 0.25) is 0 Å². The summed E-state index contributed by atoms with van der Waals surface area (Å²) in [5.41, 5.74) is 1.16. The Morgan fingerprint density at radius 2 is 1.83 bits per heavy atom. The number of amides is 2. The summed E-state index contributed by atoms with van der Waals surface area (Å²) >= 11 is 0. The van der Waals surface area contributed by atoms with Crippen molar-refractivity contribution in [2.75, 3.05) is 0 Å². The fourth-order valence-corrected chi connectivity index (χ4v) is 3.31. The zero-order chi connectivity index (χ0) is 20.6. The third-order valence-electron chi connectivity index (χ3n) is 4.80. The molecule has 1 unspecified atom stereocenters. The molecule has 8 nitrogen and oxygen atoms in total. The van der Waals surface area contributed by atoms with Gasteiger partial charge in [-0.3, -0.25) is 10.1 Å². The van der Waals surface area contributed by atoms with E-state index in [1.165, 1.54) is 12.1 Å². The molecule has 1 aliphatic carbocycles. The summed E-state index contributed by atoms with van der Waals surface area (Å²) in [7, 11) is 0. The molecular weight excluding hydrogens is 374 g/mol. The molecule has 1 aliphatic rings. The molecule has 2 amide bonds. The number of rotatable bonds is 7. The van der Waals surface area contributed by atoms with E-state index < -0.39 is 23.0 Å². The Balaban J connectivity index is 1.63.